The zero-order valence-corrected chi connectivity index (χ0v) is 12.5. The molecule has 3 N–H and O–H groups in total. The molecule has 6 nitrogen and oxygen atoms in total. The van der Waals surface area contributed by atoms with Gasteiger partial charge in [0.05, 0.1) is 0 Å². The maximum absolute atomic E-state index is 9.60. The fourth-order valence-electron chi connectivity index (χ4n) is 0. The quantitative estimate of drug-likeness (QED) is 0.688. The first-order valence-corrected chi connectivity index (χ1v) is 5.60. The molecule has 0 spiro atoms. The third-order valence-corrected chi connectivity index (χ3v) is 0.905. The van der Waals surface area contributed by atoms with Gasteiger partial charge >= 0.3 is 17.9 Å². The molecule has 0 aromatic rings. The summed E-state index contributed by atoms with van der Waals surface area (Å²) in [4.78, 5) is 28.4. The molecular formula is C14H24O6. The Morgan fingerprint density at radius 1 is 0.900 bits per heavy atom. The van der Waals surface area contributed by atoms with Crippen LogP contribution in [0.15, 0.2) is 37.0 Å². The van der Waals surface area contributed by atoms with Crippen molar-refractivity contribution in [3.63, 3.8) is 0 Å². The summed E-state index contributed by atoms with van der Waals surface area (Å²) in [5.74, 6) is -2.85. The molecule has 0 aromatic heterocycles. The van der Waals surface area contributed by atoms with Gasteiger partial charge in [0.25, 0.3) is 0 Å². The second-order valence-electron chi connectivity index (χ2n) is 3.42. The Bertz CT molecular complexity index is 294. The van der Waals surface area contributed by atoms with Crippen LogP contribution in [0.5, 0.6) is 0 Å². The minimum atomic E-state index is -0.981. The maximum Gasteiger partial charge on any atom is 0.330 e. The van der Waals surface area contributed by atoms with Crippen molar-refractivity contribution in [2.45, 2.75) is 34.1 Å². The van der Waals surface area contributed by atoms with Crippen molar-refractivity contribution < 1.29 is 29.7 Å². The van der Waals surface area contributed by atoms with E-state index in [1.807, 2.05) is 0 Å². The molecule has 116 valence electrons. The van der Waals surface area contributed by atoms with Gasteiger partial charge in [-0.25, -0.2) is 14.4 Å². The molecule has 0 fully saturated rings. The van der Waals surface area contributed by atoms with E-state index in [-0.39, 0.29) is 11.1 Å². The minimum absolute atomic E-state index is 0.176. The van der Waals surface area contributed by atoms with Gasteiger partial charge in [-0.15, -0.1) is 0 Å². The number of carboxylic acids is 3. The first kappa shape index (κ1) is 26.2. The lowest BCUT2D eigenvalue weighted by atomic mass is 10.4. The summed E-state index contributed by atoms with van der Waals surface area (Å²) in [7, 11) is 0. The molecule has 0 unspecified atom stereocenters. The van der Waals surface area contributed by atoms with E-state index in [1.54, 1.807) is 0 Å². The Balaban J connectivity index is -0.0000000879. The molecule has 0 aliphatic rings. The average molecular weight is 288 g/mol. The van der Waals surface area contributed by atoms with Crippen molar-refractivity contribution in [2.75, 3.05) is 0 Å². The molecule has 0 atom stereocenters. The summed E-state index contributed by atoms with van der Waals surface area (Å²) in [5, 5.41) is 23.4. The Labute approximate surface area is 119 Å². The molecule has 0 saturated heterocycles. The van der Waals surface area contributed by atoms with Crippen molar-refractivity contribution in [2.24, 2.45) is 0 Å². The summed E-state index contributed by atoms with van der Waals surface area (Å²) < 4.78 is 0. The van der Waals surface area contributed by atoms with E-state index in [9.17, 15) is 14.4 Å². The van der Waals surface area contributed by atoms with Crippen LogP contribution in [0.4, 0.5) is 0 Å². The van der Waals surface area contributed by atoms with Crippen molar-refractivity contribution >= 4 is 17.9 Å². The standard InChI is InChI=1S/2C4H6O2.C3H4O2.C3H8/c2*1-3(2)4(5)6;1-2-3(4)5;1-3-2/h2*1H2,2H3,(H,5,6);2H,1H2,(H,4,5);3H2,1-2H3. The molecule has 0 aliphatic carbocycles. The highest BCUT2D eigenvalue weighted by molar-refractivity contribution is 5.85. The Morgan fingerprint density at radius 2 is 1.00 bits per heavy atom. The van der Waals surface area contributed by atoms with E-state index in [2.05, 4.69) is 33.6 Å². The molecule has 0 aromatic carbocycles. The molecule has 0 saturated carbocycles. The van der Waals surface area contributed by atoms with Gasteiger partial charge in [0.15, 0.2) is 0 Å². The van der Waals surface area contributed by atoms with Gasteiger partial charge in [0.2, 0.25) is 0 Å². The van der Waals surface area contributed by atoms with Crippen molar-refractivity contribution in [3.8, 4) is 0 Å². The Hall–Kier alpha value is -2.37. The summed E-state index contributed by atoms with van der Waals surface area (Å²) in [5.41, 5.74) is 0.352. The molecular weight excluding hydrogens is 264 g/mol. The van der Waals surface area contributed by atoms with Gasteiger partial charge in [0, 0.05) is 17.2 Å². The van der Waals surface area contributed by atoms with Crippen LogP contribution < -0.4 is 0 Å². The molecule has 0 rings (SSSR count). The van der Waals surface area contributed by atoms with E-state index in [4.69, 9.17) is 15.3 Å². The van der Waals surface area contributed by atoms with Crippen molar-refractivity contribution in [3.05, 3.63) is 37.0 Å². The summed E-state index contributed by atoms with van der Waals surface area (Å²) in [6.07, 6.45) is 2.08. The van der Waals surface area contributed by atoms with E-state index in [0.29, 0.717) is 0 Å². The highest BCUT2D eigenvalue weighted by Crippen LogP contribution is 1.81. The number of hydrogen-bond donors (Lipinski definition) is 3. The third-order valence-electron chi connectivity index (χ3n) is 0.905. The van der Waals surface area contributed by atoms with Crippen molar-refractivity contribution in [1.82, 2.24) is 0 Å². The lowest BCUT2D eigenvalue weighted by Crippen LogP contribution is -1.92. The van der Waals surface area contributed by atoms with Crippen LogP contribution in [-0.2, 0) is 14.4 Å². The molecule has 20 heavy (non-hydrogen) atoms. The van der Waals surface area contributed by atoms with E-state index in [0.717, 1.165) is 6.08 Å². The lowest BCUT2D eigenvalue weighted by Gasteiger charge is -1.79. The average Bonchev–Trinajstić information content (AvgIpc) is 2.31. The second-order valence-corrected chi connectivity index (χ2v) is 3.42. The van der Waals surface area contributed by atoms with Crippen LogP contribution in [0, 0.1) is 0 Å². The van der Waals surface area contributed by atoms with Crippen LogP contribution in [0.2, 0.25) is 0 Å². The van der Waals surface area contributed by atoms with E-state index in [1.165, 1.54) is 20.3 Å². The second kappa shape index (κ2) is 19.0. The highest BCUT2D eigenvalue weighted by Gasteiger charge is 1.90. The van der Waals surface area contributed by atoms with Crippen LogP contribution in [0.1, 0.15) is 34.1 Å². The van der Waals surface area contributed by atoms with Gasteiger partial charge in [-0.2, -0.15) is 0 Å². The number of carbonyl (C=O) groups is 3. The molecule has 6 heteroatoms. The first-order valence-electron chi connectivity index (χ1n) is 5.60. The first-order chi connectivity index (χ1) is 8.97. The minimum Gasteiger partial charge on any atom is -0.478 e. The normalized spacial score (nSPS) is 7.00. The largest absolute Gasteiger partial charge is 0.478 e. The van der Waals surface area contributed by atoms with E-state index >= 15 is 0 Å². The molecule has 0 aliphatic heterocycles. The summed E-state index contributed by atoms with van der Waals surface area (Å²) >= 11 is 0. The monoisotopic (exact) mass is 288 g/mol. The lowest BCUT2D eigenvalue weighted by molar-refractivity contribution is -0.133. The topological polar surface area (TPSA) is 112 Å². The van der Waals surface area contributed by atoms with Gasteiger partial charge in [0.1, 0.15) is 0 Å². The highest BCUT2D eigenvalue weighted by atomic mass is 16.4. The molecule has 0 heterocycles. The predicted octanol–water partition coefficient (Wildman–Crippen LogP) is 2.97. The number of hydrogen-bond acceptors (Lipinski definition) is 3. The smallest absolute Gasteiger partial charge is 0.330 e. The van der Waals surface area contributed by atoms with Crippen LogP contribution in [0.3, 0.4) is 0 Å². The van der Waals surface area contributed by atoms with Gasteiger partial charge in [-0.05, 0) is 13.8 Å². The number of carboxylic acid groups (broad SMARTS) is 3. The fraction of sp³-hybridized carbons (Fsp3) is 0.357. The maximum atomic E-state index is 9.60. The molecule has 0 amide bonds. The van der Waals surface area contributed by atoms with Gasteiger partial charge in [-0.1, -0.05) is 40.0 Å². The summed E-state index contributed by atoms with van der Waals surface area (Å²) in [6.45, 7) is 16.4. The predicted molar refractivity (Wildman–Crippen MR) is 78.7 cm³/mol. The zero-order chi connectivity index (χ0) is 17.3. The van der Waals surface area contributed by atoms with Crippen LogP contribution >= 0.6 is 0 Å². The molecule has 0 bridgehead atoms. The number of aliphatic carboxylic acids is 3. The van der Waals surface area contributed by atoms with Crippen molar-refractivity contribution in [1.29, 1.82) is 0 Å². The van der Waals surface area contributed by atoms with Crippen LogP contribution in [0.25, 0.3) is 0 Å². The van der Waals surface area contributed by atoms with Gasteiger partial charge < -0.3 is 15.3 Å². The summed E-state index contributed by atoms with van der Waals surface area (Å²) in [6, 6.07) is 0. The van der Waals surface area contributed by atoms with Crippen LogP contribution in [-0.4, -0.2) is 33.2 Å². The fourth-order valence-corrected chi connectivity index (χ4v) is 0. The SMILES string of the molecule is C=C(C)C(=O)O.C=C(C)C(=O)O.C=CC(=O)O.CCC. The molecule has 0 radical (unpaired) electrons. The zero-order valence-electron chi connectivity index (χ0n) is 12.5. The van der Waals surface area contributed by atoms with Gasteiger partial charge in [-0.3, -0.25) is 0 Å². The Morgan fingerprint density at radius 3 is 1.00 bits per heavy atom. The number of rotatable bonds is 3. The Kier molecular flexibility index (Phi) is 24.9. The third kappa shape index (κ3) is 57.5. The van der Waals surface area contributed by atoms with E-state index < -0.39 is 17.9 Å².